The summed E-state index contributed by atoms with van der Waals surface area (Å²) in [5, 5.41) is 0.641. The first kappa shape index (κ1) is 16.4. The van der Waals surface area contributed by atoms with Gasteiger partial charge in [-0.05, 0) is 36.6 Å². The lowest BCUT2D eigenvalue weighted by molar-refractivity contribution is 0.551. The van der Waals surface area contributed by atoms with Crippen LogP contribution in [0, 0.1) is 5.92 Å². The number of fused-ring (bicyclic) bond motifs is 1. The van der Waals surface area contributed by atoms with Crippen LogP contribution in [0.4, 0.5) is 0 Å². The summed E-state index contributed by atoms with van der Waals surface area (Å²) in [5.74, 6) is 0.514. The van der Waals surface area contributed by atoms with Gasteiger partial charge in [0.2, 0.25) is 10.0 Å². The van der Waals surface area contributed by atoms with E-state index in [1.54, 1.807) is 36.5 Å². The zero-order valence-corrected chi connectivity index (χ0v) is 14.5. The largest absolute Gasteiger partial charge is 0.256 e. The summed E-state index contributed by atoms with van der Waals surface area (Å²) in [7, 11) is -3.54. The van der Waals surface area contributed by atoms with Crippen molar-refractivity contribution >= 4 is 36.9 Å². The van der Waals surface area contributed by atoms with Crippen LogP contribution in [0.2, 0.25) is 0 Å². The standard InChI is InChI=1S/C15H19BrN2O2S/c1-11(2)9-12(16)10-18-21(19,20)15-7-3-6-14-13(15)5-4-8-17-14/h3-8,11-12,18H,9-10H2,1-2H3. The average molecular weight is 371 g/mol. The number of rotatable bonds is 6. The van der Waals surface area contributed by atoms with Gasteiger partial charge in [-0.1, -0.05) is 35.8 Å². The first-order chi connectivity index (χ1) is 9.90. The molecule has 0 fully saturated rings. The van der Waals surface area contributed by atoms with E-state index in [9.17, 15) is 8.42 Å². The van der Waals surface area contributed by atoms with Crippen LogP contribution in [0.5, 0.6) is 0 Å². The Hall–Kier alpha value is -0.980. The highest BCUT2D eigenvalue weighted by atomic mass is 79.9. The van der Waals surface area contributed by atoms with Gasteiger partial charge in [0.15, 0.2) is 0 Å². The van der Waals surface area contributed by atoms with Crippen LogP contribution in [0.3, 0.4) is 0 Å². The number of benzene rings is 1. The molecule has 6 heteroatoms. The van der Waals surface area contributed by atoms with E-state index in [0.717, 1.165) is 6.42 Å². The normalized spacial score (nSPS) is 13.7. The van der Waals surface area contributed by atoms with Crippen LogP contribution in [0.25, 0.3) is 10.9 Å². The Morgan fingerprint density at radius 2 is 2.00 bits per heavy atom. The smallest absolute Gasteiger partial charge is 0.241 e. The van der Waals surface area contributed by atoms with E-state index in [1.807, 2.05) is 0 Å². The molecule has 0 radical (unpaired) electrons. The third-order valence-electron chi connectivity index (χ3n) is 3.12. The summed E-state index contributed by atoms with van der Waals surface area (Å²) >= 11 is 3.51. The Balaban J connectivity index is 2.22. The maximum Gasteiger partial charge on any atom is 0.241 e. The summed E-state index contributed by atoms with van der Waals surface area (Å²) in [6.07, 6.45) is 2.57. The van der Waals surface area contributed by atoms with Gasteiger partial charge in [0.25, 0.3) is 0 Å². The van der Waals surface area contributed by atoms with Gasteiger partial charge in [0.05, 0.1) is 10.4 Å². The minimum absolute atomic E-state index is 0.125. The van der Waals surface area contributed by atoms with Crippen molar-refractivity contribution in [2.45, 2.75) is 30.0 Å². The average Bonchev–Trinajstić information content (AvgIpc) is 2.44. The fourth-order valence-corrected chi connectivity index (χ4v) is 4.60. The van der Waals surface area contributed by atoms with Crippen molar-refractivity contribution in [3.63, 3.8) is 0 Å². The summed E-state index contributed by atoms with van der Waals surface area (Å²) in [6, 6.07) is 8.64. The molecule has 1 unspecified atom stereocenters. The molecular formula is C15H19BrN2O2S. The molecule has 4 nitrogen and oxygen atoms in total. The Kier molecular flexibility index (Phi) is 5.35. The topological polar surface area (TPSA) is 59.1 Å². The number of aromatic nitrogens is 1. The maximum atomic E-state index is 12.5. The molecule has 0 bridgehead atoms. The third kappa shape index (κ3) is 4.25. The number of sulfonamides is 1. The van der Waals surface area contributed by atoms with Crippen molar-refractivity contribution in [1.82, 2.24) is 9.71 Å². The van der Waals surface area contributed by atoms with Gasteiger partial charge in [-0.25, -0.2) is 13.1 Å². The van der Waals surface area contributed by atoms with Gasteiger partial charge in [0.1, 0.15) is 0 Å². The highest BCUT2D eigenvalue weighted by molar-refractivity contribution is 9.09. The number of nitrogens with zero attached hydrogens (tertiary/aromatic N) is 1. The van der Waals surface area contributed by atoms with Gasteiger partial charge in [-0.15, -0.1) is 0 Å². The molecule has 1 N–H and O–H groups in total. The Labute approximate surface area is 134 Å². The van der Waals surface area contributed by atoms with Crippen LogP contribution in [-0.4, -0.2) is 24.8 Å². The summed E-state index contributed by atoms with van der Waals surface area (Å²) in [5.41, 5.74) is 0.679. The van der Waals surface area contributed by atoms with Gasteiger partial charge < -0.3 is 0 Å². The van der Waals surface area contributed by atoms with Gasteiger partial charge in [-0.3, -0.25) is 4.98 Å². The van der Waals surface area contributed by atoms with Crippen LogP contribution in [0.15, 0.2) is 41.4 Å². The summed E-state index contributed by atoms with van der Waals surface area (Å²) in [6.45, 7) is 4.59. The molecule has 1 atom stereocenters. The third-order valence-corrected chi connectivity index (χ3v) is 5.30. The first-order valence-corrected chi connectivity index (χ1v) is 9.27. The molecule has 0 saturated heterocycles. The maximum absolute atomic E-state index is 12.5. The van der Waals surface area contributed by atoms with Crippen molar-refractivity contribution < 1.29 is 8.42 Å². The molecule has 0 aliphatic rings. The number of alkyl halides is 1. The molecule has 0 saturated carbocycles. The number of halogens is 1. The molecule has 1 aromatic carbocycles. The van der Waals surface area contributed by atoms with Gasteiger partial charge >= 0.3 is 0 Å². The van der Waals surface area contributed by atoms with E-state index in [1.165, 1.54) is 0 Å². The van der Waals surface area contributed by atoms with E-state index in [4.69, 9.17) is 0 Å². The van der Waals surface area contributed by atoms with E-state index in [2.05, 4.69) is 39.5 Å². The predicted octanol–water partition coefficient (Wildman–Crippen LogP) is 3.32. The second-order valence-corrected chi connectivity index (χ2v) is 8.44. The molecule has 1 heterocycles. The molecule has 0 amide bonds. The Bertz CT molecular complexity index is 711. The van der Waals surface area contributed by atoms with E-state index in [0.29, 0.717) is 23.4 Å². The van der Waals surface area contributed by atoms with Crippen molar-refractivity contribution in [1.29, 1.82) is 0 Å². The fourth-order valence-electron chi connectivity index (χ4n) is 2.18. The Morgan fingerprint density at radius 3 is 2.71 bits per heavy atom. The van der Waals surface area contributed by atoms with Crippen molar-refractivity contribution in [3.8, 4) is 0 Å². The highest BCUT2D eigenvalue weighted by Crippen LogP contribution is 2.21. The molecule has 114 valence electrons. The van der Waals surface area contributed by atoms with E-state index in [-0.39, 0.29) is 9.72 Å². The lowest BCUT2D eigenvalue weighted by Gasteiger charge is -2.14. The van der Waals surface area contributed by atoms with Crippen LogP contribution in [-0.2, 0) is 10.0 Å². The van der Waals surface area contributed by atoms with Crippen molar-refractivity contribution in [2.75, 3.05) is 6.54 Å². The monoisotopic (exact) mass is 370 g/mol. The number of hydrogen-bond acceptors (Lipinski definition) is 3. The molecule has 0 aliphatic carbocycles. The zero-order chi connectivity index (χ0) is 15.5. The van der Waals surface area contributed by atoms with Gasteiger partial charge in [-0.2, -0.15) is 0 Å². The molecule has 21 heavy (non-hydrogen) atoms. The minimum atomic E-state index is -3.54. The van der Waals surface area contributed by atoms with Crippen molar-refractivity contribution in [2.24, 2.45) is 5.92 Å². The molecule has 0 aliphatic heterocycles. The Morgan fingerprint density at radius 1 is 1.24 bits per heavy atom. The summed E-state index contributed by atoms with van der Waals surface area (Å²) < 4.78 is 27.6. The molecule has 2 rings (SSSR count). The molecular weight excluding hydrogens is 352 g/mol. The fraction of sp³-hybridized carbons (Fsp3) is 0.400. The first-order valence-electron chi connectivity index (χ1n) is 6.87. The number of hydrogen-bond donors (Lipinski definition) is 1. The lowest BCUT2D eigenvalue weighted by Crippen LogP contribution is -2.30. The molecule has 1 aromatic heterocycles. The van der Waals surface area contributed by atoms with Gasteiger partial charge in [0, 0.05) is 23.0 Å². The van der Waals surface area contributed by atoms with Crippen molar-refractivity contribution in [3.05, 3.63) is 36.5 Å². The number of nitrogens with one attached hydrogen (secondary N) is 1. The molecule has 0 spiro atoms. The second kappa shape index (κ2) is 6.85. The lowest BCUT2D eigenvalue weighted by atomic mass is 10.1. The van der Waals surface area contributed by atoms with Crippen LogP contribution in [0.1, 0.15) is 20.3 Å². The van der Waals surface area contributed by atoms with Crippen LogP contribution < -0.4 is 4.72 Å². The second-order valence-electron chi connectivity index (χ2n) is 5.40. The predicted molar refractivity (Wildman–Crippen MR) is 89.1 cm³/mol. The van der Waals surface area contributed by atoms with E-state index < -0.39 is 10.0 Å². The highest BCUT2D eigenvalue weighted by Gasteiger charge is 2.18. The SMILES string of the molecule is CC(C)CC(Br)CNS(=O)(=O)c1cccc2ncccc12. The summed E-state index contributed by atoms with van der Waals surface area (Å²) in [4.78, 5) is 4.59. The van der Waals surface area contributed by atoms with Crippen LogP contribution >= 0.6 is 15.9 Å². The molecule has 2 aromatic rings. The zero-order valence-electron chi connectivity index (χ0n) is 12.1. The quantitative estimate of drug-likeness (QED) is 0.793. The number of pyridine rings is 1. The minimum Gasteiger partial charge on any atom is -0.256 e. The van der Waals surface area contributed by atoms with E-state index >= 15 is 0 Å².